The highest BCUT2D eigenvalue weighted by Gasteiger charge is 2.46. The van der Waals surface area contributed by atoms with Crippen LogP contribution in [0.4, 0.5) is 24.7 Å². The van der Waals surface area contributed by atoms with Crippen LogP contribution in [-0.2, 0) is 14.4 Å². The van der Waals surface area contributed by atoms with Crippen LogP contribution in [0.25, 0.3) is 10.9 Å². The number of hydrogen-bond acceptors (Lipinski definition) is 11. The van der Waals surface area contributed by atoms with E-state index in [4.69, 9.17) is 9.47 Å². The topological polar surface area (TPSA) is 172 Å². The molecule has 2 aliphatic heterocycles. The van der Waals surface area contributed by atoms with Gasteiger partial charge in [0.15, 0.2) is 11.5 Å². The Kier molecular flexibility index (Phi) is 13.0. The molecule has 2 fully saturated rings. The number of amides is 5. The first kappa shape index (κ1) is 43.8. The van der Waals surface area contributed by atoms with Crippen LogP contribution >= 0.6 is 0 Å². The fraction of sp³-hybridized carbons (Fsp3) is 0.444. The van der Waals surface area contributed by atoms with Crippen LogP contribution < -0.4 is 25.4 Å². The van der Waals surface area contributed by atoms with Crippen molar-refractivity contribution in [3.05, 3.63) is 82.4 Å². The molecule has 0 bridgehead atoms. The number of methoxy groups -OCH3 is 1. The molecular weight excluding hydrogens is 808 g/mol. The standard InChI is InChI=1S/C45H50F3N7O7/c1-25(27-11-9-13-29(39(27)46)40(47)48)50-41-30-21-35(34(61-4)22-32(30)51-26(2)52-41)62-24-45(18-19-45)23-54(3)37(57)15-7-5-6-8-20-49-31-14-10-12-28-38(31)44(60)55(43(28)59)33-16-17-36(56)53-42(33)58/h9-14,21-22,25,33,40,49H,5-8,15-20,23-24H2,1-4H3,(H,50,51,52)(H,53,56,58). The van der Waals surface area contributed by atoms with Crippen molar-refractivity contribution in [1.29, 1.82) is 0 Å². The Labute approximate surface area is 356 Å². The Hall–Kier alpha value is -6.26. The summed E-state index contributed by atoms with van der Waals surface area (Å²) < 4.78 is 53.9. The molecule has 5 amide bonds. The molecule has 3 N–H and O–H groups in total. The molecule has 0 spiro atoms. The van der Waals surface area contributed by atoms with Crippen LogP contribution in [0.15, 0.2) is 48.5 Å². The first-order valence-electron chi connectivity index (χ1n) is 20.8. The molecule has 328 valence electrons. The van der Waals surface area contributed by atoms with Gasteiger partial charge in [-0.1, -0.05) is 37.1 Å². The smallest absolute Gasteiger partial charge is 0.266 e. The zero-order chi connectivity index (χ0) is 44.3. The summed E-state index contributed by atoms with van der Waals surface area (Å²) in [4.78, 5) is 75.5. The number of carbonyl (C=O) groups is 5. The van der Waals surface area contributed by atoms with Gasteiger partial charge in [-0.2, -0.15) is 0 Å². The van der Waals surface area contributed by atoms with E-state index in [0.717, 1.165) is 43.1 Å². The lowest BCUT2D eigenvalue weighted by atomic mass is 10.0. The summed E-state index contributed by atoms with van der Waals surface area (Å²) >= 11 is 0. The number of halogens is 3. The maximum atomic E-state index is 15.0. The molecule has 62 heavy (non-hydrogen) atoms. The lowest BCUT2D eigenvalue weighted by Gasteiger charge is -2.27. The summed E-state index contributed by atoms with van der Waals surface area (Å²) in [6, 6.07) is 10.6. The normalized spacial score (nSPS) is 17.2. The van der Waals surface area contributed by atoms with Crippen LogP contribution in [0.2, 0.25) is 0 Å². The summed E-state index contributed by atoms with van der Waals surface area (Å²) in [6.45, 7) is 4.77. The molecule has 1 saturated carbocycles. The van der Waals surface area contributed by atoms with Crippen LogP contribution in [0, 0.1) is 18.2 Å². The number of imide groups is 2. The van der Waals surface area contributed by atoms with E-state index in [1.165, 1.54) is 19.2 Å². The predicted octanol–water partition coefficient (Wildman–Crippen LogP) is 7.28. The van der Waals surface area contributed by atoms with Crippen molar-refractivity contribution in [3.8, 4) is 11.5 Å². The number of anilines is 2. The zero-order valence-electron chi connectivity index (χ0n) is 35.1. The second kappa shape index (κ2) is 18.4. The molecule has 1 saturated heterocycles. The highest BCUT2D eigenvalue weighted by atomic mass is 19.3. The van der Waals surface area contributed by atoms with Gasteiger partial charge >= 0.3 is 0 Å². The third-order valence-corrected chi connectivity index (χ3v) is 11.8. The SMILES string of the molecule is COc1cc2nc(C)nc(NC(C)c3cccc(C(F)F)c3F)c2cc1OCC1(CN(C)C(=O)CCCCCCNc2cccc3c2C(=O)N(C2CCC(=O)NC2=O)C3=O)CC1. The van der Waals surface area contributed by atoms with Crippen molar-refractivity contribution in [2.24, 2.45) is 5.41 Å². The molecule has 17 heteroatoms. The summed E-state index contributed by atoms with van der Waals surface area (Å²) in [5.41, 5.74) is 0.686. The molecule has 2 atom stereocenters. The van der Waals surface area contributed by atoms with E-state index in [1.807, 2.05) is 0 Å². The first-order valence-corrected chi connectivity index (χ1v) is 20.8. The second-order valence-electron chi connectivity index (χ2n) is 16.4. The van der Waals surface area contributed by atoms with Gasteiger partial charge in [0.1, 0.15) is 23.5 Å². The summed E-state index contributed by atoms with van der Waals surface area (Å²) in [7, 11) is 3.32. The van der Waals surface area contributed by atoms with Crippen LogP contribution in [-0.4, -0.2) is 89.2 Å². The highest BCUT2D eigenvalue weighted by molar-refractivity contribution is 6.25. The Morgan fingerprint density at radius 3 is 2.47 bits per heavy atom. The third kappa shape index (κ3) is 9.31. The molecule has 3 heterocycles. The number of alkyl halides is 2. The maximum absolute atomic E-state index is 15.0. The van der Waals surface area contributed by atoms with Gasteiger partial charge in [0, 0.05) is 61.1 Å². The van der Waals surface area contributed by atoms with E-state index in [-0.39, 0.29) is 40.9 Å². The number of carbonyl (C=O) groups excluding carboxylic acids is 5. The largest absolute Gasteiger partial charge is 0.493 e. The summed E-state index contributed by atoms with van der Waals surface area (Å²) in [5, 5.41) is 9.22. The number of rotatable bonds is 19. The van der Waals surface area contributed by atoms with Crippen LogP contribution in [0.5, 0.6) is 11.5 Å². The van der Waals surface area contributed by atoms with Gasteiger partial charge in [0.2, 0.25) is 17.7 Å². The van der Waals surface area contributed by atoms with Gasteiger partial charge in [0.05, 0.1) is 42.0 Å². The predicted molar refractivity (Wildman–Crippen MR) is 224 cm³/mol. The number of unbranched alkanes of at least 4 members (excludes halogenated alkanes) is 3. The number of fused-ring (bicyclic) bond motifs is 2. The third-order valence-electron chi connectivity index (χ3n) is 11.8. The number of ether oxygens (including phenoxy) is 2. The molecular formula is C45H50F3N7O7. The van der Waals surface area contributed by atoms with Gasteiger partial charge in [-0.3, -0.25) is 34.2 Å². The van der Waals surface area contributed by atoms with Crippen LogP contribution in [0.3, 0.4) is 0 Å². The molecule has 3 aromatic carbocycles. The minimum Gasteiger partial charge on any atom is -0.493 e. The highest BCUT2D eigenvalue weighted by Crippen LogP contribution is 2.47. The average molecular weight is 858 g/mol. The lowest BCUT2D eigenvalue weighted by molar-refractivity contribution is -0.136. The van der Waals surface area contributed by atoms with Gasteiger partial charge in [0.25, 0.3) is 18.2 Å². The number of aryl methyl sites for hydroxylation is 1. The van der Waals surface area contributed by atoms with Crippen molar-refractivity contribution in [1.82, 2.24) is 25.1 Å². The van der Waals surface area contributed by atoms with E-state index in [9.17, 15) is 32.8 Å². The lowest BCUT2D eigenvalue weighted by Crippen LogP contribution is -2.54. The fourth-order valence-corrected chi connectivity index (χ4v) is 8.17. The minimum atomic E-state index is -2.95. The van der Waals surface area contributed by atoms with Crippen molar-refractivity contribution in [2.45, 2.75) is 90.1 Å². The second-order valence-corrected chi connectivity index (χ2v) is 16.4. The monoisotopic (exact) mass is 857 g/mol. The van der Waals surface area contributed by atoms with Crippen molar-refractivity contribution >= 4 is 51.9 Å². The minimum absolute atomic E-state index is 0.0363. The van der Waals surface area contributed by atoms with E-state index >= 15 is 4.39 Å². The molecule has 1 aromatic heterocycles. The number of nitrogens with one attached hydrogen (secondary N) is 3. The maximum Gasteiger partial charge on any atom is 0.266 e. The number of aromatic nitrogens is 2. The quantitative estimate of drug-likeness (QED) is 0.0640. The Bertz CT molecular complexity index is 2410. The van der Waals surface area contributed by atoms with E-state index < -0.39 is 53.5 Å². The van der Waals surface area contributed by atoms with E-state index in [0.29, 0.717) is 72.3 Å². The zero-order valence-corrected chi connectivity index (χ0v) is 35.1. The number of hydrogen-bond donors (Lipinski definition) is 3. The fourth-order valence-electron chi connectivity index (χ4n) is 8.17. The van der Waals surface area contributed by atoms with Crippen molar-refractivity contribution < 1.29 is 46.6 Å². The molecule has 3 aliphatic rings. The van der Waals surface area contributed by atoms with E-state index in [2.05, 4.69) is 25.9 Å². The van der Waals surface area contributed by atoms with Gasteiger partial charge in [-0.15, -0.1) is 0 Å². The molecule has 4 aromatic rings. The molecule has 1 aliphatic carbocycles. The van der Waals surface area contributed by atoms with Gasteiger partial charge < -0.3 is 25.0 Å². The molecule has 7 rings (SSSR count). The number of piperidine rings is 1. The Morgan fingerprint density at radius 1 is 1.00 bits per heavy atom. The first-order chi connectivity index (χ1) is 29.7. The summed E-state index contributed by atoms with van der Waals surface area (Å²) in [6.07, 6.45) is 2.46. The van der Waals surface area contributed by atoms with Gasteiger partial charge in [-0.25, -0.2) is 23.1 Å². The Morgan fingerprint density at radius 2 is 1.74 bits per heavy atom. The number of nitrogens with zero attached hydrogens (tertiary/aromatic N) is 4. The van der Waals surface area contributed by atoms with Gasteiger partial charge in [-0.05, 0) is 64.2 Å². The molecule has 2 unspecified atom stereocenters. The number of benzene rings is 3. The average Bonchev–Trinajstić information content (AvgIpc) is 3.95. The molecule has 14 nitrogen and oxygen atoms in total. The van der Waals surface area contributed by atoms with Crippen molar-refractivity contribution in [2.75, 3.05) is 44.5 Å². The summed E-state index contributed by atoms with van der Waals surface area (Å²) in [5.74, 6) is -1.41. The van der Waals surface area contributed by atoms with Crippen molar-refractivity contribution in [3.63, 3.8) is 0 Å². The van der Waals surface area contributed by atoms with E-state index in [1.54, 1.807) is 56.1 Å². The Balaban J connectivity index is 0.879. The van der Waals surface area contributed by atoms with Crippen LogP contribution in [0.1, 0.15) is 115 Å². The molecule has 0 radical (unpaired) electrons.